The van der Waals surface area contributed by atoms with Crippen LogP contribution in [0.15, 0.2) is 29.4 Å². The van der Waals surface area contributed by atoms with Crippen molar-refractivity contribution in [1.82, 2.24) is 9.97 Å². The number of aryl methyl sites for hydroxylation is 1. The zero-order valence-electron chi connectivity index (χ0n) is 17.0. The lowest BCUT2D eigenvalue weighted by molar-refractivity contribution is -0.115. The Balaban J connectivity index is 1.41. The number of fused-ring (bicyclic) bond motifs is 2. The molecule has 6 nitrogen and oxygen atoms in total. The molecule has 0 atom stereocenters. The monoisotopic (exact) mass is 443 g/mol. The van der Waals surface area contributed by atoms with Crippen LogP contribution in [0.1, 0.15) is 52.9 Å². The molecule has 0 saturated heterocycles. The number of hydrogen-bond acceptors (Lipinski definition) is 6. The van der Waals surface area contributed by atoms with Gasteiger partial charge in [-0.15, -0.1) is 11.3 Å². The van der Waals surface area contributed by atoms with E-state index >= 15 is 0 Å². The van der Waals surface area contributed by atoms with Crippen LogP contribution in [-0.4, -0.2) is 34.7 Å². The van der Waals surface area contributed by atoms with Crippen LogP contribution < -0.4 is 5.32 Å². The van der Waals surface area contributed by atoms with E-state index in [4.69, 9.17) is 4.74 Å². The van der Waals surface area contributed by atoms with Gasteiger partial charge in [0.25, 0.3) is 0 Å². The lowest BCUT2D eigenvalue weighted by Crippen LogP contribution is -2.15. The van der Waals surface area contributed by atoms with Crippen LogP contribution in [0, 0.1) is 0 Å². The Morgan fingerprint density at radius 1 is 1.20 bits per heavy atom. The minimum atomic E-state index is -0.361. The number of esters is 1. The standard InChI is InChI=1S/C22H25N3O3S2/c1-28-21(27)19-14-8-4-2-3-5-11-17(14)30-20(19)25-18(26)12-13-29-22-23-15-9-6-7-10-16(15)24-22/h6-7,9-10H,2-5,8,11-13H2,1H3,(H,23,24)(H,25,26). The summed E-state index contributed by atoms with van der Waals surface area (Å²) >= 11 is 3.05. The molecule has 1 aliphatic rings. The van der Waals surface area contributed by atoms with E-state index in [2.05, 4.69) is 15.3 Å². The van der Waals surface area contributed by atoms with Crippen molar-refractivity contribution in [3.8, 4) is 0 Å². The number of H-pyrrole nitrogens is 1. The number of thioether (sulfide) groups is 1. The second-order valence-corrected chi connectivity index (χ2v) is 9.51. The van der Waals surface area contributed by atoms with Gasteiger partial charge in [0.05, 0.1) is 23.7 Å². The van der Waals surface area contributed by atoms with Crippen LogP contribution in [0.5, 0.6) is 0 Å². The summed E-state index contributed by atoms with van der Waals surface area (Å²) in [5, 5.41) is 4.41. The zero-order valence-corrected chi connectivity index (χ0v) is 18.6. The number of aromatic nitrogens is 2. The smallest absolute Gasteiger partial charge is 0.341 e. The van der Waals surface area contributed by atoms with Crippen molar-refractivity contribution in [3.05, 3.63) is 40.3 Å². The molecule has 0 saturated carbocycles. The molecule has 0 unspecified atom stereocenters. The zero-order chi connectivity index (χ0) is 20.9. The van der Waals surface area contributed by atoms with Gasteiger partial charge >= 0.3 is 5.97 Å². The summed E-state index contributed by atoms with van der Waals surface area (Å²) in [6.45, 7) is 0. The lowest BCUT2D eigenvalue weighted by Gasteiger charge is -2.11. The van der Waals surface area contributed by atoms with Crippen molar-refractivity contribution < 1.29 is 14.3 Å². The molecule has 0 fully saturated rings. The maximum atomic E-state index is 12.6. The third kappa shape index (κ3) is 4.70. The van der Waals surface area contributed by atoms with E-state index in [0.29, 0.717) is 22.7 Å². The summed E-state index contributed by atoms with van der Waals surface area (Å²) in [6, 6.07) is 7.86. The molecule has 1 aromatic carbocycles. The van der Waals surface area contributed by atoms with Crippen LogP contribution >= 0.6 is 23.1 Å². The number of amides is 1. The summed E-state index contributed by atoms with van der Waals surface area (Å²) in [5.41, 5.74) is 3.53. The fourth-order valence-electron chi connectivity index (χ4n) is 3.75. The molecule has 2 heterocycles. The SMILES string of the molecule is COC(=O)c1c(NC(=O)CCSc2nc3ccccc3[nH]2)sc2c1CCCCCC2. The molecule has 8 heteroatoms. The molecule has 4 rings (SSSR count). The summed E-state index contributed by atoms with van der Waals surface area (Å²) < 4.78 is 5.02. The van der Waals surface area contributed by atoms with Gasteiger partial charge in [-0.25, -0.2) is 9.78 Å². The van der Waals surface area contributed by atoms with Gasteiger partial charge in [-0.3, -0.25) is 4.79 Å². The number of nitrogens with zero attached hydrogens (tertiary/aromatic N) is 1. The Morgan fingerprint density at radius 3 is 2.80 bits per heavy atom. The summed E-state index contributed by atoms with van der Waals surface area (Å²) in [6.07, 6.45) is 6.74. The number of hydrogen-bond donors (Lipinski definition) is 2. The first kappa shape index (κ1) is 20.9. The third-order valence-electron chi connectivity index (χ3n) is 5.25. The Hall–Kier alpha value is -2.32. The van der Waals surface area contributed by atoms with E-state index in [9.17, 15) is 9.59 Å². The first-order valence-corrected chi connectivity index (χ1v) is 12.1. The number of thiophene rings is 1. The molecule has 158 valence electrons. The molecule has 1 aliphatic carbocycles. The highest BCUT2D eigenvalue weighted by Crippen LogP contribution is 2.37. The normalized spacial score (nSPS) is 14.0. The minimum Gasteiger partial charge on any atom is -0.465 e. The molecular formula is C22H25N3O3S2. The lowest BCUT2D eigenvalue weighted by atomic mass is 9.96. The van der Waals surface area contributed by atoms with Gasteiger partial charge in [-0.2, -0.15) is 0 Å². The minimum absolute atomic E-state index is 0.0991. The number of carbonyl (C=O) groups excluding carboxylic acids is 2. The Labute approximate surface area is 183 Å². The van der Waals surface area contributed by atoms with Crippen LogP contribution in [-0.2, 0) is 22.4 Å². The number of para-hydroxylation sites is 2. The third-order valence-corrected chi connectivity index (χ3v) is 7.33. The van der Waals surface area contributed by atoms with Gasteiger partial charge in [-0.1, -0.05) is 36.7 Å². The fraction of sp³-hybridized carbons (Fsp3) is 0.409. The van der Waals surface area contributed by atoms with Gasteiger partial charge in [-0.05, 0) is 43.4 Å². The predicted octanol–water partition coefficient (Wildman–Crippen LogP) is 5.19. The van der Waals surface area contributed by atoms with Crippen molar-refractivity contribution in [3.63, 3.8) is 0 Å². The number of rotatable bonds is 6. The topological polar surface area (TPSA) is 84.1 Å². The summed E-state index contributed by atoms with van der Waals surface area (Å²) in [5.74, 6) is 0.141. The van der Waals surface area contributed by atoms with Crippen molar-refractivity contribution in [1.29, 1.82) is 0 Å². The van der Waals surface area contributed by atoms with Gasteiger partial charge < -0.3 is 15.0 Å². The second-order valence-electron chi connectivity index (χ2n) is 7.32. The van der Waals surface area contributed by atoms with Crippen molar-refractivity contribution >= 4 is 51.0 Å². The van der Waals surface area contributed by atoms with Gasteiger partial charge in [0.2, 0.25) is 5.91 Å². The number of imidazole rings is 1. The van der Waals surface area contributed by atoms with Crippen molar-refractivity contribution in [2.45, 2.75) is 50.1 Å². The van der Waals surface area contributed by atoms with Crippen LogP contribution in [0.2, 0.25) is 0 Å². The number of benzene rings is 1. The van der Waals surface area contributed by atoms with Gasteiger partial charge in [0.15, 0.2) is 5.16 Å². The molecule has 1 amide bonds. The Morgan fingerprint density at radius 2 is 2.00 bits per heavy atom. The number of ether oxygens (including phenoxy) is 1. The number of carbonyl (C=O) groups is 2. The fourth-order valence-corrected chi connectivity index (χ4v) is 5.87. The van der Waals surface area contributed by atoms with E-state index < -0.39 is 0 Å². The molecule has 2 N–H and O–H groups in total. The molecule has 2 aromatic heterocycles. The number of anilines is 1. The van der Waals surface area contributed by atoms with E-state index in [1.165, 1.54) is 47.9 Å². The molecular weight excluding hydrogens is 418 g/mol. The van der Waals surface area contributed by atoms with Crippen LogP contribution in [0.4, 0.5) is 5.00 Å². The van der Waals surface area contributed by atoms with E-state index in [0.717, 1.165) is 47.4 Å². The predicted molar refractivity (Wildman–Crippen MR) is 122 cm³/mol. The van der Waals surface area contributed by atoms with Crippen molar-refractivity contribution in [2.75, 3.05) is 18.2 Å². The maximum absolute atomic E-state index is 12.6. The van der Waals surface area contributed by atoms with E-state index in [-0.39, 0.29) is 11.9 Å². The largest absolute Gasteiger partial charge is 0.465 e. The van der Waals surface area contributed by atoms with E-state index in [1.807, 2.05) is 24.3 Å². The summed E-state index contributed by atoms with van der Waals surface area (Å²) in [4.78, 5) is 34.0. The maximum Gasteiger partial charge on any atom is 0.341 e. The first-order valence-electron chi connectivity index (χ1n) is 10.3. The second kappa shape index (κ2) is 9.66. The first-order chi connectivity index (χ1) is 14.7. The Bertz CT molecular complexity index is 1020. The average Bonchev–Trinajstić information content (AvgIpc) is 3.28. The highest BCUT2D eigenvalue weighted by atomic mass is 32.2. The highest BCUT2D eigenvalue weighted by Gasteiger charge is 2.25. The number of nitrogens with one attached hydrogen (secondary N) is 2. The van der Waals surface area contributed by atoms with Crippen LogP contribution in [0.3, 0.4) is 0 Å². The number of aromatic amines is 1. The highest BCUT2D eigenvalue weighted by molar-refractivity contribution is 7.99. The van der Waals surface area contributed by atoms with E-state index in [1.54, 1.807) is 0 Å². The molecule has 0 radical (unpaired) electrons. The molecule has 0 spiro atoms. The molecule has 0 bridgehead atoms. The average molecular weight is 444 g/mol. The Kier molecular flexibility index (Phi) is 6.74. The number of methoxy groups -OCH3 is 1. The van der Waals surface area contributed by atoms with Crippen LogP contribution in [0.25, 0.3) is 11.0 Å². The summed E-state index contributed by atoms with van der Waals surface area (Å²) in [7, 11) is 1.39. The van der Waals surface area contributed by atoms with Gasteiger partial charge in [0.1, 0.15) is 5.00 Å². The quantitative estimate of drug-likeness (QED) is 0.404. The molecule has 30 heavy (non-hydrogen) atoms. The van der Waals surface area contributed by atoms with Crippen molar-refractivity contribution in [2.24, 2.45) is 0 Å². The molecule has 3 aromatic rings. The van der Waals surface area contributed by atoms with Gasteiger partial charge in [0, 0.05) is 17.1 Å². The molecule has 0 aliphatic heterocycles.